The Kier molecular flexibility index (Phi) is 2.79. The van der Waals surface area contributed by atoms with Gasteiger partial charge in [0.15, 0.2) is 0 Å². The number of carboxylic acids is 1. The Hall–Kier alpha value is -2.21. The number of nitrogens with zero attached hydrogens (tertiary/aromatic N) is 2. The highest BCUT2D eigenvalue weighted by atomic mass is 32.1. The lowest BCUT2D eigenvalue weighted by Gasteiger charge is -2.02. The molecule has 2 heterocycles. The number of hydrogen-bond donors (Lipinski definition) is 1. The van der Waals surface area contributed by atoms with Crippen LogP contribution in [0.15, 0.2) is 35.8 Å². The quantitative estimate of drug-likeness (QED) is 0.800. The molecule has 0 fully saturated rings. The standard InChI is InChI=1S/C13H9FN2O2S/c14-10-2-1-3-11-9(10)4-5-16(11)6-8-7-19-12(15-8)13(17)18/h1-5,7H,6H2,(H,17,18). The van der Waals surface area contributed by atoms with Gasteiger partial charge in [0.2, 0.25) is 5.01 Å². The molecule has 4 nitrogen and oxygen atoms in total. The molecular formula is C13H9FN2O2S. The summed E-state index contributed by atoms with van der Waals surface area (Å²) in [6.45, 7) is 0.427. The van der Waals surface area contributed by atoms with Crippen molar-refractivity contribution >= 4 is 28.2 Å². The summed E-state index contributed by atoms with van der Waals surface area (Å²) in [4.78, 5) is 14.8. The fraction of sp³-hybridized carbons (Fsp3) is 0.0769. The van der Waals surface area contributed by atoms with Crippen LogP contribution in [0.25, 0.3) is 10.9 Å². The number of rotatable bonds is 3. The predicted molar refractivity (Wildman–Crippen MR) is 70.1 cm³/mol. The second-order valence-corrected chi connectivity index (χ2v) is 4.92. The van der Waals surface area contributed by atoms with Crippen molar-refractivity contribution in [3.8, 4) is 0 Å². The van der Waals surface area contributed by atoms with Gasteiger partial charge in [-0.15, -0.1) is 11.3 Å². The molecule has 0 aliphatic carbocycles. The molecule has 0 aliphatic rings. The Morgan fingerprint density at radius 3 is 3.00 bits per heavy atom. The Morgan fingerprint density at radius 2 is 2.26 bits per heavy atom. The van der Waals surface area contributed by atoms with Gasteiger partial charge in [-0.3, -0.25) is 0 Å². The summed E-state index contributed by atoms with van der Waals surface area (Å²) < 4.78 is 15.4. The molecule has 1 aromatic carbocycles. The van der Waals surface area contributed by atoms with Gasteiger partial charge in [-0.25, -0.2) is 14.2 Å². The lowest BCUT2D eigenvalue weighted by molar-refractivity contribution is 0.0696. The molecular weight excluding hydrogens is 267 g/mol. The molecule has 2 aromatic heterocycles. The van der Waals surface area contributed by atoms with Gasteiger partial charge in [0.25, 0.3) is 0 Å². The highest BCUT2D eigenvalue weighted by Gasteiger charge is 2.10. The van der Waals surface area contributed by atoms with E-state index in [0.717, 1.165) is 16.9 Å². The summed E-state index contributed by atoms with van der Waals surface area (Å²) in [7, 11) is 0. The van der Waals surface area contributed by atoms with Crippen LogP contribution in [0.5, 0.6) is 0 Å². The number of benzene rings is 1. The molecule has 0 atom stereocenters. The van der Waals surface area contributed by atoms with Crippen molar-refractivity contribution in [3.63, 3.8) is 0 Å². The van der Waals surface area contributed by atoms with Crippen LogP contribution in [0.1, 0.15) is 15.5 Å². The lowest BCUT2D eigenvalue weighted by atomic mass is 10.2. The average Bonchev–Trinajstić information content (AvgIpc) is 2.98. The number of thiazole rings is 1. The van der Waals surface area contributed by atoms with Crippen molar-refractivity contribution in [1.82, 2.24) is 9.55 Å². The number of aromatic nitrogens is 2. The largest absolute Gasteiger partial charge is 0.476 e. The first kappa shape index (κ1) is 11.9. The van der Waals surface area contributed by atoms with Gasteiger partial charge < -0.3 is 9.67 Å². The molecule has 96 valence electrons. The SMILES string of the molecule is O=C(O)c1nc(Cn2ccc3c(F)cccc32)cs1. The van der Waals surface area contributed by atoms with Crippen LogP contribution in [0.2, 0.25) is 0 Å². The highest BCUT2D eigenvalue weighted by molar-refractivity contribution is 7.11. The topological polar surface area (TPSA) is 55.1 Å². The smallest absolute Gasteiger partial charge is 0.365 e. The summed E-state index contributed by atoms with van der Waals surface area (Å²) in [5, 5.41) is 11.1. The van der Waals surface area contributed by atoms with E-state index < -0.39 is 5.97 Å². The van der Waals surface area contributed by atoms with Gasteiger partial charge >= 0.3 is 5.97 Å². The zero-order chi connectivity index (χ0) is 13.4. The number of hydrogen-bond acceptors (Lipinski definition) is 3. The molecule has 0 bridgehead atoms. The molecule has 0 saturated carbocycles. The zero-order valence-corrected chi connectivity index (χ0v) is 10.5. The lowest BCUT2D eigenvalue weighted by Crippen LogP contribution is -2.00. The Bertz CT molecular complexity index is 763. The fourth-order valence-electron chi connectivity index (χ4n) is 1.98. The first-order valence-electron chi connectivity index (χ1n) is 5.56. The number of carboxylic acid groups (broad SMARTS) is 1. The molecule has 0 spiro atoms. The summed E-state index contributed by atoms with van der Waals surface area (Å²) in [6, 6.07) is 6.59. The Morgan fingerprint density at radius 1 is 1.42 bits per heavy atom. The second-order valence-electron chi connectivity index (χ2n) is 4.07. The van der Waals surface area contributed by atoms with Crippen LogP contribution in [0.4, 0.5) is 4.39 Å². The van der Waals surface area contributed by atoms with Crippen LogP contribution in [-0.2, 0) is 6.54 Å². The molecule has 1 N–H and O–H groups in total. The Labute approximate surface area is 111 Å². The molecule has 0 radical (unpaired) electrons. The minimum atomic E-state index is -1.03. The minimum Gasteiger partial charge on any atom is -0.476 e. The Balaban J connectivity index is 1.96. The van der Waals surface area contributed by atoms with Gasteiger partial charge in [0, 0.05) is 17.0 Å². The molecule has 0 unspecified atom stereocenters. The minimum absolute atomic E-state index is 0.0673. The molecule has 19 heavy (non-hydrogen) atoms. The van der Waals surface area contributed by atoms with E-state index in [1.54, 1.807) is 23.7 Å². The van der Waals surface area contributed by atoms with E-state index >= 15 is 0 Å². The summed E-state index contributed by atoms with van der Waals surface area (Å²) in [5.41, 5.74) is 1.43. The number of halogens is 1. The normalized spacial score (nSPS) is 11.0. The summed E-state index contributed by atoms with van der Waals surface area (Å²) in [5.74, 6) is -1.29. The van der Waals surface area contributed by atoms with Crippen molar-refractivity contribution in [2.24, 2.45) is 0 Å². The van der Waals surface area contributed by atoms with Crippen LogP contribution in [0.3, 0.4) is 0 Å². The zero-order valence-electron chi connectivity index (χ0n) is 9.71. The van der Waals surface area contributed by atoms with Crippen molar-refractivity contribution in [1.29, 1.82) is 0 Å². The number of fused-ring (bicyclic) bond motifs is 1. The predicted octanol–water partition coefficient (Wildman–Crippen LogP) is 2.98. The van der Waals surface area contributed by atoms with Crippen LogP contribution in [-0.4, -0.2) is 20.6 Å². The third-order valence-electron chi connectivity index (χ3n) is 2.83. The van der Waals surface area contributed by atoms with Crippen LogP contribution < -0.4 is 0 Å². The molecule has 0 saturated heterocycles. The monoisotopic (exact) mass is 276 g/mol. The van der Waals surface area contributed by atoms with E-state index in [4.69, 9.17) is 5.11 Å². The fourth-order valence-corrected chi connectivity index (χ4v) is 2.62. The molecule has 3 rings (SSSR count). The van der Waals surface area contributed by atoms with Gasteiger partial charge in [0.1, 0.15) is 5.82 Å². The van der Waals surface area contributed by atoms with Crippen molar-refractivity contribution in [3.05, 3.63) is 52.4 Å². The van der Waals surface area contributed by atoms with Crippen LogP contribution >= 0.6 is 11.3 Å². The number of aromatic carboxylic acids is 1. The summed E-state index contributed by atoms with van der Waals surface area (Å²) in [6.07, 6.45) is 1.77. The van der Waals surface area contributed by atoms with Gasteiger partial charge in [-0.2, -0.15) is 0 Å². The maximum absolute atomic E-state index is 13.5. The first-order chi connectivity index (χ1) is 9.15. The molecule has 0 amide bonds. The maximum Gasteiger partial charge on any atom is 0.365 e. The first-order valence-corrected chi connectivity index (χ1v) is 6.44. The van der Waals surface area contributed by atoms with Gasteiger partial charge in [-0.05, 0) is 18.2 Å². The summed E-state index contributed by atoms with van der Waals surface area (Å²) >= 11 is 1.09. The van der Waals surface area contributed by atoms with E-state index in [9.17, 15) is 9.18 Å². The number of carbonyl (C=O) groups is 1. The third-order valence-corrected chi connectivity index (χ3v) is 3.71. The van der Waals surface area contributed by atoms with Crippen molar-refractivity contribution in [2.45, 2.75) is 6.54 Å². The van der Waals surface area contributed by atoms with Gasteiger partial charge in [-0.1, -0.05) is 6.07 Å². The van der Waals surface area contributed by atoms with E-state index in [1.165, 1.54) is 6.07 Å². The average molecular weight is 276 g/mol. The van der Waals surface area contributed by atoms with E-state index in [-0.39, 0.29) is 10.8 Å². The van der Waals surface area contributed by atoms with E-state index in [0.29, 0.717) is 17.6 Å². The molecule has 3 aromatic rings. The highest BCUT2D eigenvalue weighted by Crippen LogP contribution is 2.20. The van der Waals surface area contributed by atoms with Crippen LogP contribution in [0, 0.1) is 5.82 Å². The second kappa shape index (κ2) is 4.47. The van der Waals surface area contributed by atoms with E-state index in [1.807, 2.05) is 10.6 Å². The maximum atomic E-state index is 13.5. The third kappa shape index (κ3) is 2.10. The van der Waals surface area contributed by atoms with Crippen molar-refractivity contribution in [2.75, 3.05) is 0 Å². The van der Waals surface area contributed by atoms with Crippen molar-refractivity contribution < 1.29 is 14.3 Å². The molecule has 0 aliphatic heterocycles. The molecule has 6 heteroatoms. The van der Waals surface area contributed by atoms with Gasteiger partial charge in [0.05, 0.1) is 17.8 Å². The van der Waals surface area contributed by atoms with E-state index in [2.05, 4.69) is 4.98 Å².